The fourth-order valence-corrected chi connectivity index (χ4v) is 3.30. The van der Waals surface area contributed by atoms with Crippen molar-refractivity contribution in [2.24, 2.45) is 0 Å². The molecule has 0 atom stereocenters. The number of hydrogen-bond acceptors (Lipinski definition) is 3. The van der Waals surface area contributed by atoms with E-state index in [1.807, 2.05) is 18.2 Å². The third-order valence-corrected chi connectivity index (χ3v) is 4.40. The van der Waals surface area contributed by atoms with Gasteiger partial charge in [0.15, 0.2) is 0 Å². The van der Waals surface area contributed by atoms with Crippen LogP contribution in [0.3, 0.4) is 0 Å². The third kappa shape index (κ3) is 3.51. The Labute approximate surface area is 148 Å². The minimum absolute atomic E-state index is 0.0980. The van der Waals surface area contributed by atoms with E-state index in [2.05, 4.69) is 42.2 Å². The number of aromatic nitrogens is 2. The zero-order valence-electron chi connectivity index (χ0n) is 11.8. The summed E-state index contributed by atoms with van der Waals surface area (Å²) < 4.78 is 2.95. The van der Waals surface area contributed by atoms with Gasteiger partial charge in [-0.3, -0.25) is 14.2 Å². The van der Waals surface area contributed by atoms with Crippen molar-refractivity contribution in [3.05, 3.63) is 68.1 Å². The molecule has 0 aliphatic carbocycles. The zero-order chi connectivity index (χ0) is 16.4. The number of anilines is 1. The van der Waals surface area contributed by atoms with Gasteiger partial charge in [0.1, 0.15) is 6.54 Å². The lowest BCUT2D eigenvalue weighted by atomic mass is 10.2. The summed E-state index contributed by atoms with van der Waals surface area (Å²) in [6.07, 6.45) is 1.39. The summed E-state index contributed by atoms with van der Waals surface area (Å²) in [6, 6.07) is 12.5. The molecule has 1 heterocycles. The van der Waals surface area contributed by atoms with Gasteiger partial charge < -0.3 is 5.32 Å². The number of nitrogens with zero attached hydrogens (tertiary/aromatic N) is 2. The summed E-state index contributed by atoms with van der Waals surface area (Å²) in [4.78, 5) is 28.7. The van der Waals surface area contributed by atoms with Crippen molar-refractivity contribution in [1.82, 2.24) is 9.55 Å². The number of benzene rings is 2. The highest BCUT2D eigenvalue weighted by molar-refractivity contribution is 9.11. The van der Waals surface area contributed by atoms with Gasteiger partial charge >= 0.3 is 0 Å². The Morgan fingerprint density at radius 2 is 1.96 bits per heavy atom. The van der Waals surface area contributed by atoms with Crippen molar-refractivity contribution in [3.8, 4) is 0 Å². The predicted molar refractivity (Wildman–Crippen MR) is 96.5 cm³/mol. The lowest BCUT2D eigenvalue weighted by Gasteiger charge is -2.09. The van der Waals surface area contributed by atoms with Crippen molar-refractivity contribution in [1.29, 1.82) is 0 Å². The van der Waals surface area contributed by atoms with Crippen LogP contribution in [0.15, 0.2) is 62.5 Å². The second-order valence-electron chi connectivity index (χ2n) is 4.87. The van der Waals surface area contributed by atoms with Crippen molar-refractivity contribution in [3.63, 3.8) is 0 Å². The Morgan fingerprint density at radius 1 is 1.17 bits per heavy atom. The van der Waals surface area contributed by atoms with Crippen LogP contribution in [0.25, 0.3) is 10.9 Å². The van der Waals surface area contributed by atoms with Crippen molar-refractivity contribution < 1.29 is 4.79 Å². The van der Waals surface area contributed by atoms with Gasteiger partial charge in [-0.1, -0.05) is 28.1 Å². The molecule has 0 saturated carbocycles. The number of fused-ring (bicyclic) bond motifs is 1. The monoisotopic (exact) mass is 435 g/mol. The number of amides is 1. The van der Waals surface area contributed by atoms with E-state index < -0.39 is 0 Å². The number of carbonyl (C=O) groups excluding carboxylic acids is 1. The Balaban J connectivity index is 1.83. The van der Waals surface area contributed by atoms with Gasteiger partial charge in [-0.2, -0.15) is 0 Å². The molecule has 0 spiro atoms. The molecule has 3 rings (SSSR count). The molecular weight excluding hydrogens is 426 g/mol. The van der Waals surface area contributed by atoms with Gasteiger partial charge in [-0.25, -0.2) is 4.98 Å². The molecule has 0 saturated heterocycles. The van der Waals surface area contributed by atoms with Crippen LogP contribution in [0.2, 0.25) is 0 Å². The molecule has 1 amide bonds. The molecule has 0 aliphatic heterocycles. The zero-order valence-corrected chi connectivity index (χ0v) is 15.0. The maximum atomic E-state index is 12.4. The first-order valence-corrected chi connectivity index (χ1v) is 8.32. The highest BCUT2D eigenvalue weighted by Crippen LogP contribution is 2.26. The molecule has 0 unspecified atom stereocenters. The molecule has 0 aliphatic rings. The Kier molecular flexibility index (Phi) is 4.58. The number of para-hydroxylation sites is 1. The normalized spacial score (nSPS) is 10.7. The molecule has 3 aromatic rings. The molecule has 0 radical (unpaired) electrons. The molecule has 116 valence electrons. The van der Waals surface area contributed by atoms with E-state index in [0.717, 1.165) is 8.95 Å². The van der Waals surface area contributed by atoms with E-state index in [0.29, 0.717) is 16.6 Å². The molecule has 7 heteroatoms. The molecule has 1 N–H and O–H groups in total. The van der Waals surface area contributed by atoms with Gasteiger partial charge in [-0.05, 0) is 46.3 Å². The highest BCUT2D eigenvalue weighted by Gasteiger charge is 2.10. The number of rotatable bonds is 3. The topological polar surface area (TPSA) is 64.0 Å². The largest absolute Gasteiger partial charge is 0.324 e. The van der Waals surface area contributed by atoms with Crippen molar-refractivity contribution in [2.75, 3.05) is 5.32 Å². The van der Waals surface area contributed by atoms with Crippen molar-refractivity contribution >= 4 is 54.4 Å². The number of carbonyl (C=O) groups is 1. The molecular formula is C16H11Br2N3O2. The van der Waals surface area contributed by atoms with E-state index >= 15 is 0 Å². The fraction of sp³-hybridized carbons (Fsp3) is 0.0625. The standard InChI is InChI=1S/C16H11Br2N3O2/c17-10-5-6-14(12(18)7-10)20-15(22)8-21-9-19-13-4-2-1-3-11(13)16(21)23/h1-7,9H,8H2,(H,20,22). The van der Waals surface area contributed by atoms with E-state index in [-0.39, 0.29) is 18.0 Å². The predicted octanol–water partition coefficient (Wildman–Crippen LogP) is 3.56. The Bertz CT molecular complexity index is 953. The number of nitrogens with one attached hydrogen (secondary N) is 1. The molecule has 0 bridgehead atoms. The first-order valence-electron chi connectivity index (χ1n) is 6.73. The molecule has 2 aromatic carbocycles. The smallest absolute Gasteiger partial charge is 0.261 e. The summed E-state index contributed by atoms with van der Waals surface area (Å²) in [6.45, 7) is -0.0980. The lowest BCUT2D eigenvalue weighted by Crippen LogP contribution is -2.28. The van der Waals surface area contributed by atoms with Crippen LogP contribution in [0.5, 0.6) is 0 Å². The van der Waals surface area contributed by atoms with Gasteiger partial charge in [0, 0.05) is 8.95 Å². The maximum Gasteiger partial charge on any atom is 0.261 e. The summed E-state index contributed by atoms with van der Waals surface area (Å²) >= 11 is 6.73. The third-order valence-electron chi connectivity index (χ3n) is 3.25. The minimum Gasteiger partial charge on any atom is -0.324 e. The second kappa shape index (κ2) is 6.64. The second-order valence-corrected chi connectivity index (χ2v) is 6.64. The van der Waals surface area contributed by atoms with Crippen LogP contribution in [0.4, 0.5) is 5.69 Å². The van der Waals surface area contributed by atoms with Crippen molar-refractivity contribution in [2.45, 2.75) is 6.54 Å². The minimum atomic E-state index is -0.299. The lowest BCUT2D eigenvalue weighted by molar-refractivity contribution is -0.116. The van der Waals surface area contributed by atoms with Gasteiger partial charge in [0.05, 0.1) is 22.9 Å². The summed E-state index contributed by atoms with van der Waals surface area (Å²) in [5.41, 5.74) is 1.02. The SMILES string of the molecule is O=C(Cn1cnc2ccccc2c1=O)Nc1ccc(Br)cc1Br. The molecule has 1 aromatic heterocycles. The van der Waals surface area contributed by atoms with Crippen LogP contribution in [0, 0.1) is 0 Å². The molecule has 23 heavy (non-hydrogen) atoms. The average molecular weight is 437 g/mol. The van der Waals surface area contributed by atoms with Crippen LogP contribution in [-0.2, 0) is 11.3 Å². The maximum absolute atomic E-state index is 12.4. The van der Waals surface area contributed by atoms with Gasteiger partial charge in [0.25, 0.3) is 5.56 Å². The highest BCUT2D eigenvalue weighted by atomic mass is 79.9. The van der Waals surface area contributed by atoms with Crippen LogP contribution in [0.1, 0.15) is 0 Å². The van der Waals surface area contributed by atoms with Crippen LogP contribution < -0.4 is 10.9 Å². The number of halogens is 2. The Morgan fingerprint density at radius 3 is 2.74 bits per heavy atom. The average Bonchev–Trinajstić information content (AvgIpc) is 2.53. The van der Waals surface area contributed by atoms with E-state index in [4.69, 9.17) is 0 Å². The summed E-state index contributed by atoms with van der Waals surface area (Å²) in [7, 11) is 0. The Hall–Kier alpha value is -1.99. The first kappa shape index (κ1) is 15.9. The fourth-order valence-electron chi connectivity index (χ4n) is 2.15. The quantitative estimate of drug-likeness (QED) is 0.682. The summed E-state index contributed by atoms with van der Waals surface area (Å²) in [5, 5.41) is 3.26. The van der Waals surface area contributed by atoms with Gasteiger partial charge in [0.2, 0.25) is 5.91 Å². The molecule has 0 fully saturated rings. The van der Waals surface area contributed by atoms with E-state index in [1.165, 1.54) is 10.9 Å². The van der Waals surface area contributed by atoms with E-state index in [1.54, 1.807) is 24.3 Å². The molecule has 5 nitrogen and oxygen atoms in total. The van der Waals surface area contributed by atoms with Gasteiger partial charge in [-0.15, -0.1) is 0 Å². The first-order chi connectivity index (χ1) is 11.0. The van der Waals surface area contributed by atoms with Crippen LogP contribution >= 0.6 is 31.9 Å². The number of hydrogen-bond donors (Lipinski definition) is 1. The van der Waals surface area contributed by atoms with E-state index in [9.17, 15) is 9.59 Å². The summed E-state index contributed by atoms with van der Waals surface area (Å²) in [5.74, 6) is -0.299. The van der Waals surface area contributed by atoms with Crippen LogP contribution in [-0.4, -0.2) is 15.5 Å².